The average molecular weight is 422 g/mol. The Balaban J connectivity index is 1.34. The van der Waals surface area contributed by atoms with Crippen molar-refractivity contribution in [3.05, 3.63) is 59.7 Å². The molecule has 2 aromatic heterocycles. The normalized spacial score (nSPS) is 16.3. The fourth-order valence-corrected chi connectivity index (χ4v) is 4.36. The number of pyridine rings is 1. The summed E-state index contributed by atoms with van der Waals surface area (Å²) in [6, 6.07) is 13.6. The average Bonchev–Trinajstić information content (AvgIpc) is 3.23. The molecule has 0 saturated carbocycles. The molecule has 1 aliphatic heterocycles. The van der Waals surface area contributed by atoms with Gasteiger partial charge in [0.2, 0.25) is 11.8 Å². The van der Waals surface area contributed by atoms with Gasteiger partial charge in [0.1, 0.15) is 10.8 Å². The van der Waals surface area contributed by atoms with Crippen LogP contribution in [0.2, 0.25) is 0 Å². The van der Waals surface area contributed by atoms with Crippen LogP contribution in [0, 0.1) is 5.92 Å². The number of piperidine rings is 1. The zero-order chi connectivity index (χ0) is 20.9. The third-order valence-corrected chi connectivity index (χ3v) is 6.03. The monoisotopic (exact) mass is 421 g/mol. The van der Waals surface area contributed by atoms with Gasteiger partial charge in [-0.05, 0) is 25.0 Å². The summed E-state index contributed by atoms with van der Waals surface area (Å²) in [4.78, 5) is 34.9. The number of hydrogen-bond acceptors (Lipinski definition) is 6. The number of rotatable bonds is 6. The van der Waals surface area contributed by atoms with Gasteiger partial charge in [0.25, 0.3) is 0 Å². The Morgan fingerprint density at radius 2 is 2.03 bits per heavy atom. The van der Waals surface area contributed by atoms with Crippen LogP contribution in [0.4, 0.5) is 11.5 Å². The Kier molecular flexibility index (Phi) is 6.04. The van der Waals surface area contributed by atoms with Crippen LogP contribution < -0.4 is 16.0 Å². The van der Waals surface area contributed by atoms with Crippen molar-refractivity contribution in [3.8, 4) is 10.6 Å². The van der Waals surface area contributed by atoms with Crippen molar-refractivity contribution in [3.63, 3.8) is 0 Å². The molecule has 30 heavy (non-hydrogen) atoms. The molecule has 0 aliphatic carbocycles. The van der Waals surface area contributed by atoms with Crippen molar-refractivity contribution in [2.75, 3.05) is 23.3 Å². The number of anilines is 2. The molecule has 2 amide bonds. The number of hydrogen-bond donors (Lipinski definition) is 2. The Hall–Kier alpha value is -3.26. The quantitative estimate of drug-likeness (QED) is 0.637. The van der Waals surface area contributed by atoms with Crippen LogP contribution in [0.5, 0.6) is 0 Å². The van der Waals surface area contributed by atoms with Gasteiger partial charge in [-0.3, -0.25) is 9.59 Å². The highest BCUT2D eigenvalue weighted by Gasteiger charge is 2.24. The third kappa shape index (κ3) is 4.83. The molecule has 7 nitrogen and oxygen atoms in total. The number of thiazole rings is 1. The first kappa shape index (κ1) is 20.0. The van der Waals surface area contributed by atoms with E-state index < -0.39 is 0 Å². The Labute approximate surface area is 179 Å². The van der Waals surface area contributed by atoms with Gasteiger partial charge in [-0.1, -0.05) is 30.3 Å². The van der Waals surface area contributed by atoms with Crippen LogP contribution in [0.25, 0.3) is 10.6 Å². The lowest BCUT2D eigenvalue weighted by atomic mass is 9.97. The largest absolute Gasteiger partial charge is 0.369 e. The molecular weight excluding hydrogens is 398 g/mol. The standard InChI is InChI=1S/C22H23N5O2S/c23-21(29)16-7-4-10-27(13-16)19-9-8-17(12-24-19)25-20(28)11-18-14-30-22(26-18)15-5-2-1-3-6-15/h1-3,5-6,8-9,12,14,16H,4,7,10-11,13H2,(H2,23,29)(H,25,28). The highest BCUT2D eigenvalue weighted by molar-refractivity contribution is 7.13. The van der Waals surface area contributed by atoms with E-state index in [-0.39, 0.29) is 24.2 Å². The lowest BCUT2D eigenvalue weighted by molar-refractivity contribution is -0.122. The molecule has 154 valence electrons. The fraction of sp³-hybridized carbons (Fsp3) is 0.273. The second-order valence-electron chi connectivity index (χ2n) is 7.33. The fourth-order valence-electron chi connectivity index (χ4n) is 3.54. The van der Waals surface area contributed by atoms with E-state index in [1.54, 1.807) is 6.20 Å². The minimum atomic E-state index is -0.263. The maximum atomic E-state index is 12.4. The summed E-state index contributed by atoms with van der Waals surface area (Å²) in [5.74, 6) is 0.243. The molecule has 0 bridgehead atoms. The molecule has 3 heterocycles. The van der Waals surface area contributed by atoms with Crippen molar-refractivity contribution in [2.24, 2.45) is 11.7 Å². The van der Waals surface area contributed by atoms with Gasteiger partial charge in [-0.15, -0.1) is 11.3 Å². The molecule has 3 N–H and O–H groups in total. The first-order chi connectivity index (χ1) is 14.6. The maximum absolute atomic E-state index is 12.4. The van der Waals surface area contributed by atoms with E-state index in [1.165, 1.54) is 11.3 Å². The van der Waals surface area contributed by atoms with Crippen LogP contribution in [0.3, 0.4) is 0 Å². The van der Waals surface area contributed by atoms with E-state index in [0.717, 1.165) is 41.5 Å². The summed E-state index contributed by atoms with van der Waals surface area (Å²) in [5.41, 5.74) is 7.87. The SMILES string of the molecule is NC(=O)C1CCCN(c2ccc(NC(=O)Cc3csc(-c4ccccc4)n3)cn2)C1. The predicted molar refractivity (Wildman–Crippen MR) is 118 cm³/mol. The number of benzene rings is 1. The number of nitrogens with one attached hydrogen (secondary N) is 1. The molecule has 1 fully saturated rings. The Morgan fingerprint density at radius 1 is 1.20 bits per heavy atom. The van der Waals surface area contributed by atoms with Gasteiger partial charge in [0.15, 0.2) is 0 Å². The van der Waals surface area contributed by atoms with Crippen molar-refractivity contribution in [1.82, 2.24) is 9.97 Å². The molecule has 4 rings (SSSR count). The smallest absolute Gasteiger partial charge is 0.230 e. The van der Waals surface area contributed by atoms with Gasteiger partial charge < -0.3 is 16.0 Å². The van der Waals surface area contributed by atoms with Gasteiger partial charge in [-0.2, -0.15) is 0 Å². The van der Waals surface area contributed by atoms with E-state index in [0.29, 0.717) is 12.2 Å². The summed E-state index contributed by atoms with van der Waals surface area (Å²) in [6.45, 7) is 1.43. The highest BCUT2D eigenvalue weighted by Crippen LogP contribution is 2.24. The lowest BCUT2D eigenvalue weighted by Gasteiger charge is -2.32. The first-order valence-electron chi connectivity index (χ1n) is 9.88. The molecule has 1 atom stereocenters. The second-order valence-corrected chi connectivity index (χ2v) is 8.19. The summed E-state index contributed by atoms with van der Waals surface area (Å²) < 4.78 is 0. The van der Waals surface area contributed by atoms with Crippen LogP contribution in [-0.4, -0.2) is 34.9 Å². The molecule has 0 radical (unpaired) electrons. The summed E-state index contributed by atoms with van der Waals surface area (Å²) in [5, 5.41) is 5.68. The minimum absolute atomic E-state index is 0.138. The second kappa shape index (κ2) is 9.04. The number of aromatic nitrogens is 2. The molecule has 3 aromatic rings. The molecule has 1 unspecified atom stereocenters. The predicted octanol–water partition coefficient (Wildman–Crippen LogP) is 3.09. The van der Waals surface area contributed by atoms with Crippen LogP contribution in [0.15, 0.2) is 54.0 Å². The molecule has 8 heteroatoms. The van der Waals surface area contributed by atoms with Crippen molar-refractivity contribution in [2.45, 2.75) is 19.3 Å². The number of nitrogens with zero attached hydrogens (tertiary/aromatic N) is 3. The first-order valence-corrected chi connectivity index (χ1v) is 10.8. The molecule has 1 aromatic carbocycles. The number of primary amides is 1. The Morgan fingerprint density at radius 3 is 2.77 bits per heavy atom. The van der Waals surface area contributed by atoms with Crippen molar-refractivity contribution < 1.29 is 9.59 Å². The van der Waals surface area contributed by atoms with Crippen molar-refractivity contribution >= 4 is 34.7 Å². The van der Waals surface area contributed by atoms with Gasteiger partial charge in [-0.25, -0.2) is 9.97 Å². The van der Waals surface area contributed by atoms with E-state index in [9.17, 15) is 9.59 Å². The molecule has 0 spiro atoms. The number of carbonyl (C=O) groups is 2. The minimum Gasteiger partial charge on any atom is -0.369 e. The Bertz CT molecular complexity index is 1020. The van der Waals surface area contributed by atoms with E-state index in [4.69, 9.17) is 5.73 Å². The highest BCUT2D eigenvalue weighted by atomic mass is 32.1. The number of amides is 2. The number of nitrogens with two attached hydrogens (primary N) is 1. The topological polar surface area (TPSA) is 101 Å². The molecular formula is C22H23N5O2S. The van der Waals surface area contributed by atoms with Gasteiger partial charge in [0.05, 0.1) is 29.9 Å². The molecule has 1 aliphatic rings. The van der Waals surface area contributed by atoms with Gasteiger partial charge >= 0.3 is 0 Å². The zero-order valence-electron chi connectivity index (χ0n) is 16.5. The van der Waals surface area contributed by atoms with E-state index >= 15 is 0 Å². The van der Waals surface area contributed by atoms with Crippen molar-refractivity contribution in [1.29, 1.82) is 0 Å². The summed E-state index contributed by atoms with van der Waals surface area (Å²) >= 11 is 1.53. The summed E-state index contributed by atoms with van der Waals surface area (Å²) in [7, 11) is 0. The zero-order valence-corrected chi connectivity index (χ0v) is 17.3. The van der Waals surface area contributed by atoms with Gasteiger partial charge in [0, 0.05) is 24.0 Å². The number of carbonyl (C=O) groups excluding carboxylic acids is 2. The van der Waals surface area contributed by atoms with Crippen LogP contribution in [-0.2, 0) is 16.0 Å². The molecule has 1 saturated heterocycles. The van der Waals surface area contributed by atoms with E-state index in [2.05, 4.69) is 20.2 Å². The van der Waals surface area contributed by atoms with Crippen LogP contribution >= 0.6 is 11.3 Å². The van der Waals surface area contributed by atoms with Crippen LogP contribution in [0.1, 0.15) is 18.5 Å². The third-order valence-electron chi connectivity index (χ3n) is 5.09. The van der Waals surface area contributed by atoms with E-state index in [1.807, 2.05) is 47.8 Å². The lowest BCUT2D eigenvalue weighted by Crippen LogP contribution is -2.41. The maximum Gasteiger partial charge on any atom is 0.230 e. The summed E-state index contributed by atoms with van der Waals surface area (Å²) in [6.07, 6.45) is 3.57.